The van der Waals surface area contributed by atoms with E-state index >= 15 is 0 Å². The molecule has 2 aromatic rings. The topological polar surface area (TPSA) is 12.4 Å². The molecule has 1 nitrogen and oxygen atoms in total. The van der Waals surface area contributed by atoms with Crippen molar-refractivity contribution in [1.82, 2.24) is 0 Å². The highest BCUT2D eigenvalue weighted by atomic mass is 19.4. The predicted octanol–water partition coefficient (Wildman–Crippen LogP) is 4.80. The van der Waals surface area contributed by atoms with Crippen molar-refractivity contribution >= 4 is 5.71 Å². The van der Waals surface area contributed by atoms with Crippen LogP contribution in [0.2, 0.25) is 0 Å². The van der Waals surface area contributed by atoms with Gasteiger partial charge in [-0.15, -0.1) is 0 Å². The van der Waals surface area contributed by atoms with Gasteiger partial charge in [-0.1, -0.05) is 60.7 Å². The average Bonchev–Trinajstić information content (AvgIpc) is 2.45. The van der Waals surface area contributed by atoms with Gasteiger partial charge < -0.3 is 0 Å². The van der Waals surface area contributed by atoms with E-state index in [4.69, 9.17) is 0 Å². The van der Waals surface area contributed by atoms with Crippen molar-refractivity contribution in [3.05, 3.63) is 71.8 Å². The van der Waals surface area contributed by atoms with Crippen LogP contribution in [0.3, 0.4) is 0 Å². The number of aliphatic imine (C=N–C) groups is 1. The van der Waals surface area contributed by atoms with Crippen LogP contribution in [0, 0.1) is 0 Å². The fraction of sp³-hybridized carbons (Fsp3) is 0.188. The van der Waals surface area contributed by atoms with E-state index < -0.39 is 17.9 Å². The maximum absolute atomic E-state index is 13.2. The molecule has 0 heterocycles. The predicted molar refractivity (Wildman–Crippen MR) is 73.9 cm³/mol. The molecule has 0 saturated heterocycles. The van der Waals surface area contributed by atoms with E-state index in [-0.39, 0.29) is 5.56 Å². The summed E-state index contributed by atoms with van der Waals surface area (Å²) in [7, 11) is 0. The van der Waals surface area contributed by atoms with Crippen molar-refractivity contribution in [2.75, 3.05) is 0 Å². The Bertz CT molecular complexity index is 574. The van der Waals surface area contributed by atoms with Crippen LogP contribution in [-0.2, 0) is 0 Å². The van der Waals surface area contributed by atoms with Crippen molar-refractivity contribution in [3.8, 4) is 0 Å². The smallest absolute Gasteiger partial charge is 0.272 e. The van der Waals surface area contributed by atoms with Crippen molar-refractivity contribution in [3.63, 3.8) is 0 Å². The van der Waals surface area contributed by atoms with Gasteiger partial charge >= 0.3 is 6.18 Å². The Kier molecular flexibility index (Phi) is 4.23. The summed E-state index contributed by atoms with van der Waals surface area (Å²) < 4.78 is 39.5. The summed E-state index contributed by atoms with van der Waals surface area (Å²) in [5, 5.41) is 0. The zero-order valence-corrected chi connectivity index (χ0v) is 10.9. The first-order valence-electron chi connectivity index (χ1n) is 6.24. The monoisotopic (exact) mass is 277 g/mol. The molecule has 0 aliphatic carbocycles. The Hall–Kier alpha value is -2.10. The molecule has 0 bridgehead atoms. The van der Waals surface area contributed by atoms with Crippen molar-refractivity contribution < 1.29 is 13.2 Å². The van der Waals surface area contributed by atoms with Gasteiger partial charge in [0.05, 0.1) is 6.04 Å². The van der Waals surface area contributed by atoms with Crippen LogP contribution in [0.1, 0.15) is 24.1 Å². The number of halogens is 3. The minimum absolute atomic E-state index is 0.0859. The van der Waals surface area contributed by atoms with Gasteiger partial charge in [-0.3, -0.25) is 4.99 Å². The molecule has 0 amide bonds. The Labute approximate surface area is 115 Å². The van der Waals surface area contributed by atoms with Gasteiger partial charge in [0.1, 0.15) is 5.71 Å². The van der Waals surface area contributed by atoms with Crippen LogP contribution in [0.5, 0.6) is 0 Å². The summed E-state index contributed by atoms with van der Waals surface area (Å²) >= 11 is 0. The number of alkyl halides is 3. The lowest BCUT2D eigenvalue weighted by Crippen LogP contribution is -2.24. The molecule has 1 atom stereocenters. The number of rotatable bonds is 3. The van der Waals surface area contributed by atoms with Crippen molar-refractivity contribution in [2.45, 2.75) is 19.1 Å². The van der Waals surface area contributed by atoms with E-state index in [1.165, 1.54) is 12.1 Å². The lowest BCUT2D eigenvalue weighted by molar-refractivity contribution is -0.0584. The van der Waals surface area contributed by atoms with E-state index in [1.807, 2.05) is 6.07 Å². The first-order chi connectivity index (χ1) is 9.48. The zero-order valence-electron chi connectivity index (χ0n) is 10.9. The van der Waals surface area contributed by atoms with E-state index in [9.17, 15) is 13.2 Å². The van der Waals surface area contributed by atoms with E-state index in [0.29, 0.717) is 0 Å². The largest absolute Gasteiger partial charge is 0.433 e. The second kappa shape index (κ2) is 5.90. The van der Waals surface area contributed by atoms with Gasteiger partial charge in [0.25, 0.3) is 0 Å². The Morgan fingerprint density at radius 3 is 1.90 bits per heavy atom. The van der Waals surface area contributed by atoms with Gasteiger partial charge in [-0.25, -0.2) is 0 Å². The molecule has 0 fully saturated rings. The SMILES string of the molecule is C[C@@H](/N=C(\c1ccccc1)C(F)(F)F)c1ccccc1. The fourth-order valence-corrected chi connectivity index (χ4v) is 1.91. The van der Waals surface area contributed by atoms with Crippen LogP contribution < -0.4 is 0 Å². The highest BCUT2D eigenvalue weighted by Gasteiger charge is 2.37. The molecular weight excluding hydrogens is 263 g/mol. The molecule has 20 heavy (non-hydrogen) atoms. The molecular formula is C16H14F3N. The molecule has 4 heteroatoms. The second-order valence-electron chi connectivity index (χ2n) is 4.43. The first-order valence-corrected chi connectivity index (χ1v) is 6.24. The molecule has 0 aromatic heterocycles. The molecule has 0 saturated carbocycles. The summed E-state index contributed by atoms with van der Waals surface area (Å²) in [5.41, 5.74) is 0.00224. The van der Waals surface area contributed by atoms with Gasteiger partial charge in [-0.2, -0.15) is 13.2 Å². The molecule has 2 rings (SSSR count). The third kappa shape index (κ3) is 3.47. The average molecular weight is 277 g/mol. The van der Waals surface area contributed by atoms with Crippen LogP contribution in [-0.4, -0.2) is 11.9 Å². The maximum Gasteiger partial charge on any atom is 0.433 e. The summed E-state index contributed by atoms with van der Waals surface area (Å²) in [4.78, 5) is 3.88. The normalized spacial score (nSPS) is 14.1. The quantitative estimate of drug-likeness (QED) is 0.715. The molecule has 0 N–H and O–H groups in total. The summed E-state index contributed by atoms with van der Waals surface area (Å²) in [6.45, 7) is 1.66. The Balaban J connectivity index is 2.40. The summed E-state index contributed by atoms with van der Waals surface area (Å²) in [5.74, 6) is 0. The highest BCUT2D eigenvalue weighted by molar-refractivity contribution is 6.04. The van der Waals surface area contributed by atoms with Crippen LogP contribution in [0.4, 0.5) is 13.2 Å². The lowest BCUT2D eigenvalue weighted by atomic mass is 10.1. The zero-order chi connectivity index (χ0) is 14.6. The van der Waals surface area contributed by atoms with E-state index in [2.05, 4.69) is 4.99 Å². The third-order valence-electron chi connectivity index (χ3n) is 2.92. The van der Waals surface area contributed by atoms with Crippen molar-refractivity contribution in [2.24, 2.45) is 4.99 Å². The minimum atomic E-state index is -4.47. The number of hydrogen-bond donors (Lipinski definition) is 0. The van der Waals surface area contributed by atoms with Crippen LogP contribution in [0.25, 0.3) is 0 Å². The molecule has 2 aromatic carbocycles. The lowest BCUT2D eigenvalue weighted by Gasteiger charge is -2.14. The molecule has 0 unspecified atom stereocenters. The maximum atomic E-state index is 13.2. The summed E-state index contributed by atoms with van der Waals surface area (Å²) in [6.07, 6.45) is -4.47. The second-order valence-corrected chi connectivity index (χ2v) is 4.43. The third-order valence-corrected chi connectivity index (χ3v) is 2.92. The van der Waals surface area contributed by atoms with Crippen LogP contribution >= 0.6 is 0 Å². The van der Waals surface area contributed by atoms with Gasteiger partial charge in [0.15, 0.2) is 0 Å². The van der Waals surface area contributed by atoms with Crippen molar-refractivity contribution in [1.29, 1.82) is 0 Å². The summed E-state index contributed by atoms with van der Waals surface area (Å²) in [6, 6.07) is 16.1. The molecule has 104 valence electrons. The van der Waals surface area contributed by atoms with Gasteiger partial charge in [0, 0.05) is 5.56 Å². The minimum Gasteiger partial charge on any atom is -0.272 e. The molecule has 0 aliphatic rings. The number of hydrogen-bond acceptors (Lipinski definition) is 1. The standard InChI is InChI=1S/C16H14F3N/c1-12(13-8-4-2-5-9-13)20-15(16(17,18)19)14-10-6-3-7-11-14/h2-12H,1H3/b20-15+/t12-/m1/s1. The first kappa shape index (κ1) is 14.3. The van der Waals surface area contributed by atoms with Gasteiger partial charge in [-0.05, 0) is 12.5 Å². The molecule has 0 aliphatic heterocycles. The van der Waals surface area contributed by atoms with E-state index in [1.54, 1.807) is 49.4 Å². The molecule has 0 radical (unpaired) electrons. The molecule has 0 spiro atoms. The Morgan fingerprint density at radius 2 is 1.40 bits per heavy atom. The van der Waals surface area contributed by atoms with E-state index in [0.717, 1.165) is 5.56 Å². The Morgan fingerprint density at radius 1 is 0.900 bits per heavy atom. The highest BCUT2D eigenvalue weighted by Crippen LogP contribution is 2.26. The number of benzene rings is 2. The number of nitrogens with zero attached hydrogens (tertiary/aromatic N) is 1. The van der Waals surface area contributed by atoms with Crippen LogP contribution in [0.15, 0.2) is 65.7 Å². The van der Waals surface area contributed by atoms with Gasteiger partial charge in [0.2, 0.25) is 0 Å². The fourth-order valence-electron chi connectivity index (χ4n) is 1.91.